The number of amides is 1. The summed E-state index contributed by atoms with van der Waals surface area (Å²) in [6.45, 7) is 6.26. The summed E-state index contributed by atoms with van der Waals surface area (Å²) in [5, 5.41) is 3.62. The third kappa shape index (κ3) is 2.57. The van der Waals surface area contributed by atoms with Gasteiger partial charge < -0.3 is 5.32 Å². The molecule has 1 amide bonds. The maximum absolute atomic E-state index is 13.2. The first kappa shape index (κ1) is 16.4. The van der Waals surface area contributed by atoms with Crippen molar-refractivity contribution in [3.63, 3.8) is 0 Å². The number of nitrogens with one attached hydrogen (secondary N) is 1. The van der Waals surface area contributed by atoms with Crippen molar-refractivity contribution >= 4 is 17.3 Å². The molecule has 3 aromatic carbocycles. The van der Waals surface area contributed by atoms with Gasteiger partial charge in [0, 0.05) is 22.5 Å². The Labute approximate surface area is 154 Å². The second kappa shape index (κ2) is 6.34. The minimum Gasteiger partial charge on any atom is -0.361 e. The highest BCUT2D eigenvalue weighted by molar-refractivity contribution is 6.11. The van der Waals surface area contributed by atoms with Crippen LogP contribution in [0.15, 0.2) is 66.7 Å². The van der Waals surface area contributed by atoms with Crippen LogP contribution in [-0.2, 0) is 0 Å². The molecule has 4 rings (SSSR count). The molecule has 0 aromatic heterocycles. The van der Waals surface area contributed by atoms with E-state index in [2.05, 4.69) is 31.3 Å². The van der Waals surface area contributed by atoms with Gasteiger partial charge in [-0.15, -0.1) is 0 Å². The number of benzene rings is 3. The SMILES string of the molecule is Cc1ccccc1N1C(=O)c2ccccc2C1Nc1cccc(C)c1C. The number of carbonyl (C=O) groups is 1. The molecule has 3 nitrogen and oxygen atoms in total. The number of rotatable bonds is 3. The summed E-state index contributed by atoms with van der Waals surface area (Å²) in [5.41, 5.74) is 7.29. The van der Waals surface area contributed by atoms with E-state index in [-0.39, 0.29) is 12.1 Å². The summed E-state index contributed by atoms with van der Waals surface area (Å²) >= 11 is 0. The van der Waals surface area contributed by atoms with E-state index in [0.29, 0.717) is 0 Å². The van der Waals surface area contributed by atoms with Crippen molar-refractivity contribution in [2.75, 3.05) is 10.2 Å². The predicted octanol–water partition coefficient (Wildman–Crippen LogP) is 5.38. The van der Waals surface area contributed by atoms with Gasteiger partial charge in [-0.2, -0.15) is 0 Å². The molecule has 3 heteroatoms. The molecule has 0 aliphatic carbocycles. The Morgan fingerprint density at radius 2 is 1.50 bits per heavy atom. The Morgan fingerprint density at radius 3 is 2.31 bits per heavy atom. The Kier molecular flexibility index (Phi) is 4.00. The number of nitrogens with zero attached hydrogens (tertiary/aromatic N) is 1. The average Bonchev–Trinajstić information content (AvgIpc) is 2.92. The first-order valence-electron chi connectivity index (χ1n) is 8.89. The Bertz CT molecular complexity index is 993. The van der Waals surface area contributed by atoms with Crippen LogP contribution >= 0.6 is 0 Å². The number of fused-ring (bicyclic) bond motifs is 1. The molecule has 0 spiro atoms. The average molecular weight is 342 g/mol. The number of anilines is 2. The quantitative estimate of drug-likeness (QED) is 0.693. The molecule has 0 saturated carbocycles. The van der Waals surface area contributed by atoms with Gasteiger partial charge in [-0.3, -0.25) is 9.69 Å². The molecule has 1 unspecified atom stereocenters. The lowest BCUT2D eigenvalue weighted by Crippen LogP contribution is -2.33. The summed E-state index contributed by atoms with van der Waals surface area (Å²) < 4.78 is 0. The van der Waals surface area contributed by atoms with Gasteiger partial charge in [0.05, 0.1) is 0 Å². The fourth-order valence-corrected chi connectivity index (χ4v) is 3.60. The van der Waals surface area contributed by atoms with Crippen LogP contribution in [0.4, 0.5) is 11.4 Å². The summed E-state index contributed by atoms with van der Waals surface area (Å²) in [6.07, 6.45) is -0.222. The summed E-state index contributed by atoms with van der Waals surface area (Å²) in [5.74, 6) is 0.0395. The third-order valence-electron chi connectivity index (χ3n) is 5.23. The third-order valence-corrected chi connectivity index (χ3v) is 5.23. The van der Waals surface area contributed by atoms with Gasteiger partial charge in [0.2, 0.25) is 0 Å². The van der Waals surface area contributed by atoms with Crippen molar-refractivity contribution in [1.82, 2.24) is 0 Å². The van der Waals surface area contributed by atoms with Gasteiger partial charge in [0.15, 0.2) is 0 Å². The Hall–Kier alpha value is -3.07. The number of para-hydroxylation sites is 1. The second-order valence-electron chi connectivity index (χ2n) is 6.84. The standard InChI is InChI=1S/C23H22N2O/c1-15-10-8-13-20(17(15)3)24-22-18-11-5-6-12-19(18)23(26)25(22)21-14-7-4-9-16(21)2/h4-14,22,24H,1-3H3. The topological polar surface area (TPSA) is 32.3 Å². The summed E-state index contributed by atoms with van der Waals surface area (Å²) in [6, 6.07) is 22.1. The highest BCUT2D eigenvalue weighted by atomic mass is 16.2. The zero-order valence-corrected chi connectivity index (χ0v) is 15.3. The molecule has 130 valence electrons. The molecule has 0 radical (unpaired) electrons. The van der Waals surface area contributed by atoms with E-state index in [0.717, 1.165) is 28.1 Å². The van der Waals surface area contributed by atoms with Gasteiger partial charge in [-0.1, -0.05) is 48.5 Å². The van der Waals surface area contributed by atoms with Crippen LogP contribution in [0.2, 0.25) is 0 Å². The molecule has 1 aliphatic rings. The smallest absolute Gasteiger partial charge is 0.260 e. The lowest BCUT2D eigenvalue weighted by atomic mass is 10.1. The van der Waals surface area contributed by atoms with Crippen molar-refractivity contribution in [1.29, 1.82) is 0 Å². The largest absolute Gasteiger partial charge is 0.361 e. The van der Waals surface area contributed by atoms with Crippen LogP contribution < -0.4 is 10.2 Å². The van der Waals surface area contributed by atoms with E-state index < -0.39 is 0 Å². The normalized spacial score (nSPS) is 15.9. The Balaban J connectivity index is 1.84. The van der Waals surface area contributed by atoms with Crippen molar-refractivity contribution in [2.24, 2.45) is 0 Å². The minimum atomic E-state index is -0.222. The number of hydrogen-bond donors (Lipinski definition) is 1. The summed E-state index contributed by atoms with van der Waals surface area (Å²) in [7, 11) is 0. The van der Waals surface area contributed by atoms with Gasteiger partial charge in [-0.05, 0) is 55.7 Å². The predicted molar refractivity (Wildman–Crippen MR) is 107 cm³/mol. The molecular formula is C23H22N2O. The van der Waals surface area contributed by atoms with Gasteiger partial charge in [0.25, 0.3) is 5.91 Å². The van der Waals surface area contributed by atoms with E-state index in [4.69, 9.17) is 0 Å². The molecule has 1 N–H and O–H groups in total. The van der Waals surface area contributed by atoms with Crippen LogP contribution in [-0.4, -0.2) is 5.91 Å². The first-order valence-corrected chi connectivity index (χ1v) is 8.89. The maximum Gasteiger partial charge on any atom is 0.260 e. The molecule has 1 aliphatic heterocycles. The highest BCUT2D eigenvalue weighted by Gasteiger charge is 2.38. The van der Waals surface area contributed by atoms with E-state index in [1.54, 1.807) is 0 Å². The van der Waals surface area contributed by atoms with Crippen LogP contribution in [0.1, 0.15) is 38.8 Å². The van der Waals surface area contributed by atoms with Crippen LogP contribution in [0.5, 0.6) is 0 Å². The lowest BCUT2D eigenvalue weighted by molar-refractivity contribution is 0.0993. The maximum atomic E-state index is 13.2. The molecule has 1 atom stereocenters. The molecule has 3 aromatic rings. The summed E-state index contributed by atoms with van der Waals surface area (Å²) in [4.78, 5) is 15.1. The van der Waals surface area contributed by atoms with E-state index in [9.17, 15) is 4.79 Å². The first-order chi connectivity index (χ1) is 12.6. The monoisotopic (exact) mass is 342 g/mol. The fraction of sp³-hybridized carbons (Fsp3) is 0.174. The van der Waals surface area contributed by atoms with Gasteiger partial charge >= 0.3 is 0 Å². The molecule has 0 fully saturated rings. The number of carbonyl (C=O) groups excluding carboxylic acids is 1. The number of hydrogen-bond acceptors (Lipinski definition) is 2. The Morgan fingerprint density at radius 1 is 0.808 bits per heavy atom. The van der Waals surface area contributed by atoms with E-state index in [1.165, 1.54) is 11.1 Å². The van der Waals surface area contributed by atoms with Gasteiger partial charge in [0.1, 0.15) is 6.17 Å². The van der Waals surface area contributed by atoms with E-state index in [1.807, 2.05) is 66.4 Å². The minimum absolute atomic E-state index is 0.0395. The van der Waals surface area contributed by atoms with Crippen molar-refractivity contribution in [3.8, 4) is 0 Å². The molecule has 0 bridgehead atoms. The van der Waals surface area contributed by atoms with Crippen molar-refractivity contribution < 1.29 is 4.79 Å². The zero-order chi connectivity index (χ0) is 18.3. The van der Waals surface area contributed by atoms with Crippen molar-refractivity contribution in [3.05, 3.63) is 94.5 Å². The second-order valence-corrected chi connectivity index (χ2v) is 6.84. The molecule has 1 heterocycles. The van der Waals surface area contributed by atoms with Crippen LogP contribution in [0, 0.1) is 20.8 Å². The van der Waals surface area contributed by atoms with Gasteiger partial charge in [-0.25, -0.2) is 0 Å². The molecule has 0 saturated heterocycles. The number of aryl methyl sites for hydroxylation is 2. The van der Waals surface area contributed by atoms with Crippen LogP contribution in [0.3, 0.4) is 0 Å². The van der Waals surface area contributed by atoms with E-state index >= 15 is 0 Å². The van der Waals surface area contributed by atoms with Crippen molar-refractivity contribution in [2.45, 2.75) is 26.9 Å². The highest BCUT2D eigenvalue weighted by Crippen LogP contribution is 2.39. The molecule has 26 heavy (non-hydrogen) atoms. The zero-order valence-electron chi connectivity index (χ0n) is 15.3. The van der Waals surface area contributed by atoms with Crippen LogP contribution in [0.25, 0.3) is 0 Å². The molecular weight excluding hydrogens is 320 g/mol. The fourth-order valence-electron chi connectivity index (χ4n) is 3.60. The lowest BCUT2D eigenvalue weighted by Gasteiger charge is -2.29.